The monoisotopic (exact) mass is 352 g/mol. The quantitative estimate of drug-likeness (QED) is 0.480. The summed E-state index contributed by atoms with van der Waals surface area (Å²) in [5.74, 6) is 0.593. The SMILES string of the molecule is COC1C(Br)CC1Oc1ccc([N+](=O)[O-])c2ncccc12. The minimum Gasteiger partial charge on any atom is -0.487 e. The first-order valence-corrected chi connectivity index (χ1v) is 7.39. The Morgan fingerprint density at radius 3 is 2.90 bits per heavy atom. The third kappa shape index (κ3) is 2.47. The number of benzene rings is 1. The van der Waals surface area contributed by atoms with Gasteiger partial charge in [-0.15, -0.1) is 0 Å². The molecule has 3 atom stereocenters. The van der Waals surface area contributed by atoms with Crippen LogP contribution in [0.15, 0.2) is 30.5 Å². The van der Waals surface area contributed by atoms with E-state index in [1.807, 2.05) is 0 Å². The maximum absolute atomic E-state index is 11.1. The summed E-state index contributed by atoms with van der Waals surface area (Å²) in [6.07, 6.45) is 2.28. The van der Waals surface area contributed by atoms with Gasteiger partial charge in [0.2, 0.25) is 0 Å². The van der Waals surface area contributed by atoms with Crippen LogP contribution < -0.4 is 4.74 Å². The number of pyridine rings is 1. The van der Waals surface area contributed by atoms with Gasteiger partial charge in [-0.05, 0) is 18.2 Å². The van der Waals surface area contributed by atoms with Crippen molar-refractivity contribution in [2.24, 2.45) is 0 Å². The Bertz CT molecular complexity index is 694. The molecule has 6 nitrogen and oxygen atoms in total. The molecule has 110 valence electrons. The Labute approximate surface area is 129 Å². The Morgan fingerprint density at radius 2 is 2.24 bits per heavy atom. The number of rotatable bonds is 4. The molecule has 0 spiro atoms. The predicted molar refractivity (Wildman–Crippen MR) is 80.9 cm³/mol. The third-order valence-electron chi connectivity index (χ3n) is 3.64. The van der Waals surface area contributed by atoms with E-state index >= 15 is 0 Å². The van der Waals surface area contributed by atoms with Crippen LogP contribution in [-0.4, -0.2) is 34.1 Å². The maximum Gasteiger partial charge on any atom is 0.295 e. The molecule has 0 aliphatic heterocycles. The summed E-state index contributed by atoms with van der Waals surface area (Å²) in [6.45, 7) is 0. The lowest BCUT2D eigenvalue weighted by Gasteiger charge is -2.40. The summed E-state index contributed by atoms with van der Waals surface area (Å²) in [4.78, 5) is 15.0. The number of aromatic nitrogens is 1. The molecule has 0 bridgehead atoms. The second kappa shape index (κ2) is 5.57. The molecule has 0 saturated heterocycles. The van der Waals surface area contributed by atoms with E-state index in [-0.39, 0.29) is 22.7 Å². The number of alkyl halides is 1. The van der Waals surface area contributed by atoms with Gasteiger partial charge in [0, 0.05) is 36.0 Å². The van der Waals surface area contributed by atoms with Crippen molar-refractivity contribution in [3.63, 3.8) is 0 Å². The normalized spacial score (nSPS) is 24.6. The van der Waals surface area contributed by atoms with Gasteiger partial charge in [0.05, 0.1) is 4.92 Å². The Kier molecular flexibility index (Phi) is 3.77. The van der Waals surface area contributed by atoms with Gasteiger partial charge in [0.25, 0.3) is 5.69 Å². The van der Waals surface area contributed by atoms with Crippen LogP contribution >= 0.6 is 15.9 Å². The number of nitrogens with zero attached hydrogens (tertiary/aromatic N) is 2. The summed E-state index contributed by atoms with van der Waals surface area (Å²) in [7, 11) is 1.64. The molecular formula is C14H13BrN2O4. The molecule has 2 aromatic rings. The predicted octanol–water partition coefficient (Wildman–Crippen LogP) is 3.07. The largest absolute Gasteiger partial charge is 0.487 e. The number of non-ortho nitro benzene ring substituents is 1. The van der Waals surface area contributed by atoms with E-state index in [0.29, 0.717) is 16.7 Å². The molecule has 0 N–H and O–H groups in total. The van der Waals surface area contributed by atoms with Crippen LogP contribution in [0.4, 0.5) is 5.69 Å². The topological polar surface area (TPSA) is 74.5 Å². The Balaban J connectivity index is 1.97. The third-order valence-corrected chi connectivity index (χ3v) is 4.53. The molecule has 1 aromatic heterocycles. The first-order chi connectivity index (χ1) is 10.1. The van der Waals surface area contributed by atoms with Crippen LogP contribution in [0.5, 0.6) is 5.75 Å². The van der Waals surface area contributed by atoms with Crippen LogP contribution in [-0.2, 0) is 4.74 Å². The standard InChI is InChI=1S/C14H13BrN2O4/c1-20-14-9(15)7-12(14)21-11-5-4-10(17(18)19)13-8(11)3-2-6-16-13/h2-6,9,12,14H,7H2,1H3. The zero-order valence-corrected chi connectivity index (χ0v) is 12.8. The fraction of sp³-hybridized carbons (Fsp3) is 0.357. The van der Waals surface area contributed by atoms with E-state index < -0.39 is 4.92 Å². The van der Waals surface area contributed by atoms with Crippen molar-refractivity contribution in [2.45, 2.75) is 23.5 Å². The van der Waals surface area contributed by atoms with Crippen LogP contribution in [0, 0.1) is 10.1 Å². The Hall–Kier alpha value is -1.73. The van der Waals surface area contributed by atoms with Crippen molar-refractivity contribution in [3.05, 3.63) is 40.6 Å². The number of halogens is 1. The fourth-order valence-corrected chi connectivity index (χ4v) is 3.41. The van der Waals surface area contributed by atoms with Crippen LogP contribution in [0.2, 0.25) is 0 Å². The lowest BCUT2D eigenvalue weighted by Crippen LogP contribution is -2.51. The van der Waals surface area contributed by atoms with Gasteiger partial charge in [-0.1, -0.05) is 15.9 Å². The average molecular weight is 353 g/mol. The van der Waals surface area contributed by atoms with Crippen molar-refractivity contribution in [1.82, 2.24) is 4.98 Å². The lowest BCUT2D eigenvalue weighted by atomic mass is 9.91. The molecular weight excluding hydrogens is 340 g/mol. The van der Waals surface area contributed by atoms with Crippen molar-refractivity contribution < 1.29 is 14.4 Å². The molecule has 0 amide bonds. The fourth-order valence-electron chi connectivity index (χ4n) is 2.49. The van der Waals surface area contributed by atoms with Gasteiger partial charge in [-0.2, -0.15) is 0 Å². The summed E-state index contributed by atoms with van der Waals surface area (Å²) in [6, 6.07) is 6.56. The van der Waals surface area contributed by atoms with Crippen molar-refractivity contribution in [1.29, 1.82) is 0 Å². The summed E-state index contributed by atoms with van der Waals surface area (Å²) in [5.41, 5.74) is 0.317. The van der Waals surface area contributed by atoms with Gasteiger partial charge >= 0.3 is 0 Å². The molecule has 1 heterocycles. The van der Waals surface area contributed by atoms with Gasteiger partial charge in [0.15, 0.2) is 5.52 Å². The highest BCUT2D eigenvalue weighted by atomic mass is 79.9. The van der Waals surface area contributed by atoms with Gasteiger partial charge < -0.3 is 9.47 Å². The molecule has 7 heteroatoms. The number of methoxy groups -OCH3 is 1. The highest BCUT2D eigenvalue weighted by Gasteiger charge is 2.42. The number of hydrogen-bond donors (Lipinski definition) is 0. The van der Waals surface area contributed by atoms with Gasteiger partial charge in [-0.3, -0.25) is 10.1 Å². The highest BCUT2D eigenvalue weighted by Crippen LogP contribution is 2.37. The zero-order chi connectivity index (χ0) is 15.0. The van der Waals surface area contributed by atoms with E-state index in [1.165, 1.54) is 12.3 Å². The van der Waals surface area contributed by atoms with Crippen molar-refractivity contribution in [2.75, 3.05) is 7.11 Å². The second-order valence-electron chi connectivity index (χ2n) is 4.85. The minimum absolute atomic E-state index is 0.0202. The van der Waals surface area contributed by atoms with Crippen LogP contribution in [0.1, 0.15) is 6.42 Å². The van der Waals surface area contributed by atoms with E-state index in [4.69, 9.17) is 9.47 Å². The van der Waals surface area contributed by atoms with E-state index in [0.717, 1.165) is 6.42 Å². The molecule has 0 radical (unpaired) electrons. The number of ether oxygens (including phenoxy) is 2. The molecule has 1 aromatic carbocycles. The number of nitro benzene ring substituents is 1. The summed E-state index contributed by atoms with van der Waals surface area (Å²) < 4.78 is 11.3. The van der Waals surface area contributed by atoms with Gasteiger partial charge in [-0.25, -0.2) is 4.98 Å². The maximum atomic E-state index is 11.1. The average Bonchev–Trinajstić information content (AvgIpc) is 2.46. The molecule has 3 unspecified atom stereocenters. The highest BCUT2D eigenvalue weighted by molar-refractivity contribution is 9.09. The zero-order valence-electron chi connectivity index (χ0n) is 11.2. The number of hydrogen-bond acceptors (Lipinski definition) is 5. The summed E-state index contributed by atoms with van der Waals surface area (Å²) in [5, 5.41) is 11.7. The second-order valence-corrected chi connectivity index (χ2v) is 6.02. The molecule has 1 aliphatic carbocycles. The minimum atomic E-state index is -0.436. The van der Waals surface area contributed by atoms with E-state index in [2.05, 4.69) is 20.9 Å². The summed E-state index contributed by atoms with van der Waals surface area (Å²) >= 11 is 3.51. The van der Waals surface area contributed by atoms with Crippen molar-refractivity contribution in [3.8, 4) is 5.75 Å². The first kappa shape index (κ1) is 14.2. The molecule has 1 fully saturated rings. The van der Waals surface area contributed by atoms with Crippen LogP contribution in [0.3, 0.4) is 0 Å². The van der Waals surface area contributed by atoms with E-state index in [9.17, 15) is 10.1 Å². The first-order valence-electron chi connectivity index (χ1n) is 6.47. The molecule has 21 heavy (non-hydrogen) atoms. The smallest absolute Gasteiger partial charge is 0.295 e. The molecule has 1 aliphatic rings. The number of nitro groups is 1. The molecule has 1 saturated carbocycles. The van der Waals surface area contributed by atoms with E-state index in [1.54, 1.807) is 25.3 Å². The van der Waals surface area contributed by atoms with Crippen molar-refractivity contribution >= 4 is 32.5 Å². The lowest BCUT2D eigenvalue weighted by molar-refractivity contribution is -0.383. The Morgan fingerprint density at radius 1 is 1.43 bits per heavy atom. The van der Waals surface area contributed by atoms with Crippen LogP contribution in [0.25, 0.3) is 10.9 Å². The number of fused-ring (bicyclic) bond motifs is 1. The molecule has 3 rings (SSSR count). The van der Waals surface area contributed by atoms with Gasteiger partial charge in [0.1, 0.15) is 18.0 Å².